The normalized spacial score (nSPS) is 14.4. The SMILES string of the molecule is COC(=O)C1=C(C(=O)OC)N(c2ccc(C(C)C(=O)OC)cc2)C=CC=C1. The fourth-order valence-electron chi connectivity index (χ4n) is 2.60. The number of rotatable bonds is 5. The van der Waals surface area contributed by atoms with Gasteiger partial charge in [0.2, 0.25) is 0 Å². The average Bonchev–Trinajstić information content (AvgIpc) is 2.94. The lowest BCUT2D eigenvalue weighted by molar-refractivity contribution is -0.142. The molecule has 0 aliphatic carbocycles. The molecule has 1 unspecified atom stereocenters. The molecule has 0 fully saturated rings. The van der Waals surface area contributed by atoms with Gasteiger partial charge in [0.25, 0.3) is 0 Å². The van der Waals surface area contributed by atoms with Crippen molar-refractivity contribution >= 4 is 23.6 Å². The van der Waals surface area contributed by atoms with Crippen LogP contribution in [0.2, 0.25) is 0 Å². The summed E-state index contributed by atoms with van der Waals surface area (Å²) in [5, 5.41) is 0. The summed E-state index contributed by atoms with van der Waals surface area (Å²) in [5.41, 5.74) is 1.47. The summed E-state index contributed by atoms with van der Waals surface area (Å²) >= 11 is 0. The minimum atomic E-state index is -0.682. The first-order valence-corrected chi connectivity index (χ1v) is 8.17. The Balaban J connectivity index is 2.49. The maximum atomic E-state index is 12.4. The van der Waals surface area contributed by atoms with E-state index < -0.39 is 17.9 Å². The molecule has 0 amide bonds. The first-order valence-electron chi connectivity index (χ1n) is 8.17. The second-order valence-electron chi connectivity index (χ2n) is 5.65. The van der Waals surface area contributed by atoms with Crippen molar-refractivity contribution < 1.29 is 28.6 Å². The zero-order valence-electron chi connectivity index (χ0n) is 15.6. The second-order valence-corrected chi connectivity index (χ2v) is 5.65. The van der Waals surface area contributed by atoms with E-state index in [1.165, 1.54) is 32.3 Å². The Kier molecular flexibility index (Phi) is 6.54. The molecule has 1 heterocycles. The van der Waals surface area contributed by atoms with Gasteiger partial charge in [-0.3, -0.25) is 4.79 Å². The Morgan fingerprint density at radius 1 is 0.889 bits per heavy atom. The summed E-state index contributed by atoms with van der Waals surface area (Å²) in [6.07, 6.45) is 6.44. The largest absolute Gasteiger partial charge is 0.469 e. The number of benzene rings is 1. The molecule has 142 valence electrons. The van der Waals surface area contributed by atoms with Crippen molar-refractivity contribution in [1.29, 1.82) is 0 Å². The van der Waals surface area contributed by atoms with Crippen LogP contribution in [0.1, 0.15) is 18.4 Å². The van der Waals surface area contributed by atoms with Crippen LogP contribution in [0.15, 0.2) is 60.0 Å². The molecule has 1 aromatic rings. The number of hydrogen-bond donors (Lipinski definition) is 0. The molecule has 1 aliphatic rings. The van der Waals surface area contributed by atoms with Gasteiger partial charge in [0.05, 0.1) is 32.8 Å². The number of anilines is 1. The van der Waals surface area contributed by atoms with Crippen LogP contribution in [0.25, 0.3) is 0 Å². The van der Waals surface area contributed by atoms with Gasteiger partial charge in [-0.2, -0.15) is 0 Å². The zero-order valence-corrected chi connectivity index (χ0v) is 15.6. The fourth-order valence-corrected chi connectivity index (χ4v) is 2.60. The van der Waals surface area contributed by atoms with Gasteiger partial charge >= 0.3 is 17.9 Å². The van der Waals surface area contributed by atoms with Crippen LogP contribution >= 0.6 is 0 Å². The second kappa shape index (κ2) is 8.84. The van der Waals surface area contributed by atoms with Gasteiger partial charge in [0.15, 0.2) is 0 Å². The summed E-state index contributed by atoms with van der Waals surface area (Å²) in [6, 6.07) is 7.00. The summed E-state index contributed by atoms with van der Waals surface area (Å²) in [5.74, 6) is -2.11. The smallest absolute Gasteiger partial charge is 0.355 e. The number of carbonyl (C=O) groups is 3. The summed E-state index contributed by atoms with van der Waals surface area (Å²) < 4.78 is 14.4. The fraction of sp³-hybridized carbons (Fsp3) is 0.250. The van der Waals surface area contributed by atoms with Crippen LogP contribution < -0.4 is 4.90 Å². The molecular formula is C20H21NO6. The standard InChI is InChI=1S/C20H21NO6/c1-13(18(22)25-2)14-8-10-15(11-9-14)21-12-6-5-7-16(19(23)26-3)17(21)20(24)27-4/h5-13H,1-4H3. The molecule has 7 nitrogen and oxygen atoms in total. The van der Waals surface area contributed by atoms with Crippen LogP contribution in [0.4, 0.5) is 5.69 Å². The van der Waals surface area contributed by atoms with E-state index in [-0.39, 0.29) is 17.2 Å². The monoisotopic (exact) mass is 371 g/mol. The number of esters is 3. The van der Waals surface area contributed by atoms with Crippen molar-refractivity contribution in [1.82, 2.24) is 0 Å². The van der Waals surface area contributed by atoms with E-state index in [1.54, 1.807) is 49.5 Å². The minimum Gasteiger partial charge on any atom is -0.469 e. The third-order valence-electron chi connectivity index (χ3n) is 4.12. The van der Waals surface area contributed by atoms with E-state index in [9.17, 15) is 14.4 Å². The Bertz CT molecular complexity index is 819. The summed E-state index contributed by atoms with van der Waals surface area (Å²) in [7, 11) is 3.82. The maximum absolute atomic E-state index is 12.4. The molecule has 1 atom stereocenters. The van der Waals surface area contributed by atoms with E-state index in [1.807, 2.05) is 0 Å². The van der Waals surface area contributed by atoms with Crippen LogP contribution in [0.3, 0.4) is 0 Å². The first-order chi connectivity index (χ1) is 12.9. The van der Waals surface area contributed by atoms with Crippen molar-refractivity contribution in [3.8, 4) is 0 Å². The molecule has 1 aromatic carbocycles. The first kappa shape index (κ1) is 20.0. The van der Waals surface area contributed by atoms with E-state index >= 15 is 0 Å². The topological polar surface area (TPSA) is 82.1 Å². The highest BCUT2D eigenvalue weighted by Gasteiger charge is 2.27. The van der Waals surface area contributed by atoms with Crippen molar-refractivity contribution in [2.24, 2.45) is 0 Å². The van der Waals surface area contributed by atoms with Crippen molar-refractivity contribution in [3.63, 3.8) is 0 Å². The molecule has 27 heavy (non-hydrogen) atoms. The number of allylic oxidation sites excluding steroid dienone is 2. The van der Waals surface area contributed by atoms with Crippen LogP contribution in [0.5, 0.6) is 0 Å². The third kappa shape index (κ3) is 4.25. The molecular weight excluding hydrogens is 350 g/mol. The lowest BCUT2D eigenvalue weighted by atomic mass is 10.0. The molecule has 0 bridgehead atoms. The highest BCUT2D eigenvalue weighted by molar-refractivity contribution is 6.05. The number of nitrogens with zero attached hydrogens (tertiary/aromatic N) is 1. The minimum absolute atomic E-state index is 0.0307. The molecule has 2 rings (SSSR count). The number of carbonyl (C=O) groups excluding carboxylic acids is 3. The van der Waals surface area contributed by atoms with E-state index in [0.29, 0.717) is 5.69 Å². The van der Waals surface area contributed by atoms with Gasteiger partial charge in [-0.1, -0.05) is 18.2 Å². The van der Waals surface area contributed by atoms with Gasteiger partial charge in [-0.05, 0) is 36.8 Å². The summed E-state index contributed by atoms with van der Waals surface area (Å²) in [4.78, 5) is 37.7. The van der Waals surface area contributed by atoms with Crippen LogP contribution in [-0.2, 0) is 28.6 Å². The zero-order chi connectivity index (χ0) is 20.0. The van der Waals surface area contributed by atoms with Gasteiger partial charge in [-0.25, -0.2) is 9.59 Å². The van der Waals surface area contributed by atoms with Gasteiger partial charge in [0, 0.05) is 11.9 Å². The van der Waals surface area contributed by atoms with Crippen molar-refractivity contribution in [2.45, 2.75) is 12.8 Å². The summed E-state index contributed by atoms with van der Waals surface area (Å²) in [6.45, 7) is 1.74. The number of methoxy groups -OCH3 is 3. The average molecular weight is 371 g/mol. The molecule has 0 N–H and O–H groups in total. The highest BCUT2D eigenvalue weighted by Crippen LogP contribution is 2.28. The maximum Gasteiger partial charge on any atom is 0.355 e. The van der Waals surface area contributed by atoms with Crippen molar-refractivity contribution in [2.75, 3.05) is 26.2 Å². The molecule has 0 saturated heterocycles. The Hall–Kier alpha value is -3.35. The molecule has 7 heteroatoms. The molecule has 0 spiro atoms. The lowest BCUT2D eigenvalue weighted by Gasteiger charge is -2.23. The third-order valence-corrected chi connectivity index (χ3v) is 4.12. The Labute approximate surface area is 157 Å². The Morgan fingerprint density at radius 3 is 2.07 bits per heavy atom. The molecule has 0 aromatic heterocycles. The molecule has 0 radical (unpaired) electrons. The number of hydrogen-bond acceptors (Lipinski definition) is 7. The van der Waals surface area contributed by atoms with E-state index in [4.69, 9.17) is 14.2 Å². The number of ether oxygens (including phenoxy) is 3. The van der Waals surface area contributed by atoms with E-state index in [2.05, 4.69) is 0 Å². The Morgan fingerprint density at radius 2 is 1.52 bits per heavy atom. The van der Waals surface area contributed by atoms with Gasteiger partial charge in [-0.15, -0.1) is 0 Å². The molecule has 1 aliphatic heterocycles. The van der Waals surface area contributed by atoms with Crippen LogP contribution in [-0.4, -0.2) is 39.2 Å². The highest BCUT2D eigenvalue weighted by atomic mass is 16.5. The van der Waals surface area contributed by atoms with Gasteiger partial charge < -0.3 is 19.1 Å². The lowest BCUT2D eigenvalue weighted by Crippen LogP contribution is -2.27. The molecule has 0 saturated carbocycles. The predicted octanol–water partition coefficient (Wildman–Crippen LogP) is 2.45. The van der Waals surface area contributed by atoms with E-state index in [0.717, 1.165) is 5.56 Å². The predicted molar refractivity (Wildman–Crippen MR) is 98.7 cm³/mol. The van der Waals surface area contributed by atoms with Crippen molar-refractivity contribution in [3.05, 3.63) is 65.5 Å². The van der Waals surface area contributed by atoms with Crippen LogP contribution in [0, 0.1) is 0 Å². The van der Waals surface area contributed by atoms with Gasteiger partial charge in [0.1, 0.15) is 5.70 Å². The quantitative estimate of drug-likeness (QED) is 0.581.